The van der Waals surface area contributed by atoms with E-state index >= 15 is 0 Å². The lowest BCUT2D eigenvalue weighted by molar-refractivity contribution is -0.143. The second kappa shape index (κ2) is 6.53. The van der Waals surface area contributed by atoms with Gasteiger partial charge in [0.05, 0.1) is 0 Å². The maximum Gasteiger partial charge on any atom is 0.320 e. The Hall–Kier alpha value is -0.870. The van der Waals surface area contributed by atoms with Crippen molar-refractivity contribution in [3.05, 3.63) is 33.8 Å². The van der Waals surface area contributed by atoms with E-state index in [-0.39, 0.29) is 6.04 Å². The molecule has 0 radical (unpaired) electrons. The Kier molecular flexibility index (Phi) is 4.99. The van der Waals surface area contributed by atoms with Crippen LogP contribution in [0.15, 0.2) is 22.7 Å². The number of hydrogen-bond donors (Lipinski definition) is 1. The summed E-state index contributed by atoms with van der Waals surface area (Å²) < 4.78 is 1.10. The van der Waals surface area contributed by atoms with Gasteiger partial charge in [0.15, 0.2) is 0 Å². The molecule has 0 aliphatic carbocycles. The Balaban J connectivity index is 2.13. The molecule has 1 N–H and O–H groups in total. The zero-order chi connectivity index (χ0) is 13.8. The zero-order valence-corrected chi connectivity index (χ0v) is 12.8. The molecule has 1 aliphatic rings. The summed E-state index contributed by atoms with van der Waals surface area (Å²) in [4.78, 5) is 13.5. The Morgan fingerprint density at radius 3 is 2.89 bits per heavy atom. The normalized spacial score (nSPS) is 21.1. The average Bonchev–Trinajstić information content (AvgIpc) is 2.59. The number of carboxylic acid groups (broad SMARTS) is 1. The highest BCUT2D eigenvalue weighted by Crippen LogP contribution is 2.22. The lowest BCUT2D eigenvalue weighted by Crippen LogP contribution is -2.40. The highest BCUT2D eigenvalue weighted by Gasteiger charge is 2.26. The monoisotopic (exact) mass is 325 g/mol. The number of benzene rings is 1. The molecule has 0 bridgehead atoms. The SMILES string of the molecule is Cc1cc(CN2CCCCCC2C(=O)O)ccc1Br. The molecule has 1 aromatic carbocycles. The van der Waals surface area contributed by atoms with Crippen LogP contribution in [0.5, 0.6) is 0 Å². The molecule has 1 aliphatic heterocycles. The van der Waals surface area contributed by atoms with E-state index in [1.54, 1.807) is 0 Å². The molecule has 1 atom stereocenters. The number of aliphatic carboxylic acids is 1. The van der Waals surface area contributed by atoms with Gasteiger partial charge in [0.25, 0.3) is 0 Å². The van der Waals surface area contributed by atoms with E-state index in [4.69, 9.17) is 0 Å². The Morgan fingerprint density at radius 2 is 2.21 bits per heavy atom. The molecule has 1 aromatic rings. The molecule has 1 fully saturated rings. The van der Waals surface area contributed by atoms with Gasteiger partial charge in [-0.15, -0.1) is 0 Å². The van der Waals surface area contributed by atoms with Crippen LogP contribution in [0.3, 0.4) is 0 Å². The van der Waals surface area contributed by atoms with Gasteiger partial charge in [0.2, 0.25) is 0 Å². The van der Waals surface area contributed by atoms with Gasteiger partial charge < -0.3 is 5.11 Å². The molecular formula is C15H20BrNO2. The van der Waals surface area contributed by atoms with Crippen molar-refractivity contribution in [1.82, 2.24) is 4.90 Å². The molecule has 19 heavy (non-hydrogen) atoms. The van der Waals surface area contributed by atoms with Crippen LogP contribution >= 0.6 is 15.9 Å². The molecule has 0 aromatic heterocycles. The van der Waals surface area contributed by atoms with Gasteiger partial charge >= 0.3 is 5.97 Å². The average molecular weight is 326 g/mol. The maximum atomic E-state index is 11.4. The van der Waals surface area contributed by atoms with Gasteiger partial charge in [-0.05, 0) is 43.5 Å². The van der Waals surface area contributed by atoms with Gasteiger partial charge in [-0.3, -0.25) is 9.69 Å². The summed E-state index contributed by atoms with van der Waals surface area (Å²) in [5, 5.41) is 9.36. The first-order valence-corrected chi connectivity index (χ1v) is 7.59. The van der Waals surface area contributed by atoms with Crippen molar-refractivity contribution in [1.29, 1.82) is 0 Å². The van der Waals surface area contributed by atoms with E-state index in [2.05, 4.69) is 39.9 Å². The van der Waals surface area contributed by atoms with Gasteiger partial charge in [-0.25, -0.2) is 0 Å². The lowest BCUT2D eigenvalue weighted by Gasteiger charge is -2.26. The van der Waals surface area contributed by atoms with Gasteiger partial charge in [-0.1, -0.05) is 40.9 Å². The van der Waals surface area contributed by atoms with E-state index in [1.165, 1.54) is 11.1 Å². The minimum absolute atomic E-state index is 0.327. The molecule has 3 nitrogen and oxygen atoms in total. The number of rotatable bonds is 3. The molecule has 1 unspecified atom stereocenters. The standard InChI is InChI=1S/C15H20BrNO2/c1-11-9-12(6-7-13(11)16)10-17-8-4-2-3-5-14(17)15(18)19/h6-7,9,14H,2-5,8,10H2,1H3,(H,18,19). The van der Waals surface area contributed by atoms with Crippen LogP contribution in [-0.2, 0) is 11.3 Å². The first-order chi connectivity index (χ1) is 9.08. The Bertz CT molecular complexity index is 461. The fraction of sp³-hybridized carbons (Fsp3) is 0.533. The first-order valence-electron chi connectivity index (χ1n) is 6.80. The second-order valence-corrected chi connectivity index (χ2v) is 6.11. The fourth-order valence-electron chi connectivity index (χ4n) is 2.68. The Morgan fingerprint density at radius 1 is 1.42 bits per heavy atom. The van der Waals surface area contributed by atoms with Gasteiger partial charge in [-0.2, -0.15) is 0 Å². The third kappa shape index (κ3) is 3.80. The topological polar surface area (TPSA) is 40.5 Å². The predicted molar refractivity (Wildman–Crippen MR) is 79.2 cm³/mol. The minimum Gasteiger partial charge on any atom is -0.480 e. The number of carboxylic acids is 1. The van der Waals surface area contributed by atoms with E-state index < -0.39 is 5.97 Å². The summed E-state index contributed by atoms with van der Waals surface area (Å²) in [6.07, 6.45) is 4.02. The van der Waals surface area contributed by atoms with Crippen LogP contribution in [0.1, 0.15) is 36.8 Å². The molecule has 0 amide bonds. The predicted octanol–water partition coefficient (Wildman–Crippen LogP) is 3.59. The minimum atomic E-state index is -0.685. The molecule has 104 valence electrons. The van der Waals surface area contributed by atoms with Crippen LogP contribution in [0.2, 0.25) is 0 Å². The summed E-state index contributed by atoms with van der Waals surface area (Å²) in [5.41, 5.74) is 2.38. The van der Waals surface area contributed by atoms with Crippen molar-refractivity contribution in [2.75, 3.05) is 6.54 Å². The van der Waals surface area contributed by atoms with E-state index in [9.17, 15) is 9.90 Å². The lowest BCUT2D eigenvalue weighted by atomic mass is 10.1. The molecule has 1 saturated heterocycles. The van der Waals surface area contributed by atoms with Crippen molar-refractivity contribution in [2.45, 2.75) is 45.2 Å². The largest absolute Gasteiger partial charge is 0.480 e. The van der Waals surface area contributed by atoms with Crippen molar-refractivity contribution in [3.8, 4) is 0 Å². The number of likely N-dealkylation sites (tertiary alicyclic amines) is 1. The molecule has 4 heteroatoms. The third-order valence-electron chi connectivity index (χ3n) is 3.76. The number of nitrogens with zero attached hydrogens (tertiary/aromatic N) is 1. The first kappa shape index (κ1) is 14.5. The second-order valence-electron chi connectivity index (χ2n) is 5.26. The molecule has 1 heterocycles. The molecule has 0 saturated carbocycles. The maximum absolute atomic E-state index is 11.4. The van der Waals surface area contributed by atoms with E-state index in [0.717, 1.165) is 43.2 Å². The number of hydrogen-bond acceptors (Lipinski definition) is 2. The van der Waals surface area contributed by atoms with Crippen molar-refractivity contribution in [3.63, 3.8) is 0 Å². The van der Waals surface area contributed by atoms with Crippen LogP contribution in [0.4, 0.5) is 0 Å². The highest BCUT2D eigenvalue weighted by molar-refractivity contribution is 9.10. The number of carbonyl (C=O) groups is 1. The summed E-state index contributed by atoms with van der Waals surface area (Å²) >= 11 is 3.49. The van der Waals surface area contributed by atoms with Crippen LogP contribution in [0, 0.1) is 6.92 Å². The quantitative estimate of drug-likeness (QED) is 0.923. The van der Waals surface area contributed by atoms with E-state index in [0.29, 0.717) is 0 Å². The summed E-state index contributed by atoms with van der Waals surface area (Å²) in [6.45, 7) is 3.67. The molecule has 0 spiro atoms. The van der Waals surface area contributed by atoms with Crippen molar-refractivity contribution >= 4 is 21.9 Å². The summed E-state index contributed by atoms with van der Waals surface area (Å²) in [6, 6.07) is 5.92. The number of aryl methyl sites for hydroxylation is 1. The van der Waals surface area contributed by atoms with Crippen LogP contribution < -0.4 is 0 Å². The number of halogens is 1. The van der Waals surface area contributed by atoms with Crippen LogP contribution in [-0.4, -0.2) is 28.6 Å². The van der Waals surface area contributed by atoms with Gasteiger partial charge in [0.1, 0.15) is 6.04 Å². The summed E-state index contributed by atoms with van der Waals surface area (Å²) in [7, 11) is 0. The molecular weight excluding hydrogens is 306 g/mol. The smallest absolute Gasteiger partial charge is 0.320 e. The summed E-state index contributed by atoms with van der Waals surface area (Å²) in [5.74, 6) is -0.685. The zero-order valence-electron chi connectivity index (χ0n) is 11.2. The Labute approximate surface area is 122 Å². The molecule has 2 rings (SSSR count). The van der Waals surface area contributed by atoms with Gasteiger partial charge in [0, 0.05) is 11.0 Å². The van der Waals surface area contributed by atoms with Crippen molar-refractivity contribution in [2.24, 2.45) is 0 Å². The highest BCUT2D eigenvalue weighted by atomic mass is 79.9. The van der Waals surface area contributed by atoms with Crippen molar-refractivity contribution < 1.29 is 9.90 Å². The fourth-order valence-corrected chi connectivity index (χ4v) is 2.92. The van der Waals surface area contributed by atoms with E-state index in [1.807, 2.05) is 6.07 Å². The third-order valence-corrected chi connectivity index (χ3v) is 4.65. The van der Waals surface area contributed by atoms with Crippen LogP contribution in [0.25, 0.3) is 0 Å².